The number of anilines is 2. The molecular formula is C32H39N5O4. The number of carbonyl (C=O) groups excluding carboxylic acids is 1. The number of nitrogens with zero attached hydrogens (tertiary/aromatic N) is 3. The van der Waals surface area contributed by atoms with Gasteiger partial charge in [-0.15, -0.1) is 0 Å². The average Bonchev–Trinajstić information content (AvgIpc) is 3.59. The Morgan fingerprint density at radius 1 is 1.00 bits per heavy atom. The zero-order valence-corrected chi connectivity index (χ0v) is 23.9. The molecule has 1 saturated carbocycles. The van der Waals surface area contributed by atoms with Crippen LogP contribution in [-0.4, -0.2) is 52.7 Å². The van der Waals surface area contributed by atoms with Crippen LogP contribution in [0.3, 0.4) is 0 Å². The molecule has 9 nitrogen and oxygen atoms in total. The van der Waals surface area contributed by atoms with Crippen molar-refractivity contribution in [1.82, 2.24) is 14.5 Å². The number of hydrogen-bond acceptors (Lipinski definition) is 7. The summed E-state index contributed by atoms with van der Waals surface area (Å²) in [5.41, 5.74) is 4.35. The Morgan fingerprint density at radius 2 is 1.71 bits per heavy atom. The minimum atomic E-state index is 0.101. The van der Waals surface area contributed by atoms with Crippen molar-refractivity contribution in [3.8, 4) is 17.2 Å². The van der Waals surface area contributed by atoms with Gasteiger partial charge in [0.1, 0.15) is 22.7 Å². The van der Waals surface area contributed by atoms with Crippen molar-refractivity contribution in [1.29, 1.82) is 0 Å². The summed E-state index contributed by atoms with van der Waals surface area (Å²) in [4.78, 5) is 19.4. The van der Waals surface area contributed by atoms with Crippen LogP contribution in [0.1, 0.15) is 51.5 Å². The fraction of sp³-hybridized carbons (Fsp3) is 0.438. The molecule has 0 unspecified atom stereocenters. The van der Waals surface area contributed by atoms with E-state index in [-0.39, 0.29) is 17.9 Å². The van der Waals surface area contributed by atoms with E-state index < -0.39 is 0 Å². The Labute approximate surface area is 240 Å². The van der Waals surface area contributed by atoms with Crippen LogP contribution in [0, 0.1) is 5.92 Å². The number of oxazole rings is 1. The standard InChI is InChI=1S/C32H39N5O4/c1-3-39-28-18-22(19-29(40-4-2)30(28)37-14-5-6-15-37)21-36-16-12-24(13-17-36)34-32-35-26-20-25(10-11-27(26)41-32)33-31(38)23-8-7-9-23/h5-6,10-11,14-15,18-20,23-24H,3-4,7-9,12-13,16-17,21H2,1-2H3,(H,33,38)(H,34,35). The molecule has 3 heterocycles. The van der Waals surface area contributed by atoms with Gasteiger partial charge in [-0.05, 0) is 87.6 Å². The number of benzene rings is 2. The van der Waals surface area contributed by atoms with Crippen molar-refractivity contribution in [2.45, 2.75) is 58.5 Å². The normalized spacial score (nSPS) is 16.4. The Morgan fingerprint density at radius 3 is 2.34 bits per heavy atom. The highest BCUT2D eigenvalue weighted by atomic mass is 16.5. The lowest BCUT2D eigenvalue weighted by Gasteiger charge is -2.32. The molecule has 1 aliphatic carbocycles. The third-order valence-electron chi connectivity index (χ3n) is 8.01. The van der Waals surface area contributed by atoms with Crippen molar-refractivity contribution >= 4 is 28.7 Å². The predicted octanol–water partition coefficient (Wildman–Crippen LogP) is 6.23. The van der Waals surface area contributed by atoms with Gasteiger partial charge < -0.3 is 29.1 Å². The number of fused-ring (bicyclic) bond motifs is 1. The first-order chi connectivity index (χ1) is 20.1. The minimum Gasteiger partial charge on any atom is -0.492 e. The third-order valence-corrected chi connectivity index (χ3v) is 8.01. The lowest BCUT2D eigenvalue weighted by Crippen LogP contribution is -2.38. The first kappa shape index (κ1) is 27.2. The molecule has 2 fully saturated rings. The molecule has 2 N–H and O–H groups in total. The van der Waals surface area contributed by atoms with Crippen molar-refractivity contribution in [2.24, 2.45) is 5.92 Å². The molecule has 0 atom stereocenters. The van der Waals surface area contributed by atoms with Gasteiger partial charge in [0.25, 0.3) is 6.01 Å². The highest BCUT2D eigenvalue weighted by Crippen LogP contribution is 2.36. The summed E-state index contributed by atoms with van der Waals surface area (Å²) in [6.07, 6.45) is 9.10. The molecule has 1 aliphatic heterocycles. The van der Waals surface area contributed by atoms with Crippen LogP contribution < -0.4 is 20.1 Å². The maximum absolute atomic E-state index is 12.3. The maximum atomic E-state index is 12.3. The molecule has 0 spiro atoms. The number of amides is 1. The van der Waals surface area contributed by atoms with Crippen molar-refractivity contribution in [3.63, 3.8) is 0 Å². The summed E-state index contributed by atoms with van der Waals surface area (Å²) in [6.45, 7) is 7.95. The number of ether oxygens (including phenoxy) is 2. The van der Waals surface area contributed by atoms with Crippen LogP contribution in [0.4, 0.5) is 11.7 Å². The van der Waals surface area contributed by atoms with Gasteiger partial charge in [0, 0.05) is 49.7 Å². The minimum absolute atomic E-state index is 0.101. The molecule has 4 aromatic rings. The number of likely N-dealkylation sites (tertiary alicyclic amines) is 1. The van der Waals surface area contributed by atoms with Crippen molar-refractivity contribution in [2.75, 3.05) is 36.9 Å². The first-order valence-corrected chi connectivity index (χ1v) is 14.9. The lowest BCUT2D eigenvalue weighted by atomic mass is 9.85. The van der Waals surface area contributed by atoms with Crippen LogP contribution in [0.5, 0.6) is 11.5 Å². The molecule has 2 aromatic heterocycles. The zero-order chi connectivity index (χ0) is 28.2. The fourth-order valence-electron chi connectivity index (χ4n) is 5.65. The van der Waals surface area contributed by atoms with Gasteiger partial charge in [0.2, 0.25) is 5.91 Å². The molecule has 2 aromatic carbocycles. The summed E-state index contributed by atoms with van der Waals surface area (Å²) >= 11 is 0. The number of piperidine rings is 1. The average molecular weight is 558 g/mol. The number of carbonyl (C=O) groups is 1. The van der Waals surface area contributed by atoms with Crippen molar-refractivity contribution in [3.05, 3.63) is 60.4 Å². The summed E-state index contributed by atoms with van der Waals surface area (Å²) in [6, 6.07) is 14.8. The maximum Gasteiger partial charge on any atom is 0.295 e. The summed E-state index contributed by atoms with van der Waals surface area (Å²) in [5, 5.41) is 6.51. The lowest BCUT2D eigenvalue weighted by molar-refractivity contribution is -0.122. The van der Waals surface area contributed by atoms with E-state index in [4.69, 9.17) is 13.9 Å². The van der Waals surface area contributed by atoms with Crippen LogP contribution in [0.2, 0.25) is 0 Å². The summed E-state index contributed by atoms with van der Waals surface area (Å²) in [7, 11) is 0. The zero-order valence-electron chi connectivity index (χ0n) is 23.9. The molecule has 1 amide bonds. The molecule has 6 rings (SSSR count). The van der Waals surface area contributed by atoms with Gasteiger partial charge >= 0.3 is 0 Å². The molecule has 41 heavy (non-hydrogen) atoms. The van der Waals surface area contributed by atoms with Crippen LogP contribution in [0.25, 0.3) is 16.8 Å². The van der Waals surface area contributed by atoms with E-state index in [9.17, 15) is 4.79 Å². The molecule has 9 heteroatoms. The smallest absolute Gasteiger partial charge is 0.295 e. The number of hydrogen-bond donors (Lipinski definition) is 2. The SMILES string of the molecule is CCOc1cc(CN2CCC(Nc3nc4cc(NC(=O)C5CCC5)ccc4o3)CC2)cc(OCC)c1-n1cccc1. The second kappa shape index (κ2) is 12.3. The van der Waals surface area contributed by atoms with Crippen LogP contribution in [-0.2, 0) is 11.3 Å². The van der Waals surface area contributed by atoms with Gasteiger partial charge in [-0.3, -0.25) is 9.69 Å². The van der Waals surface area contributed by atoms with E-state index >= 15 is 0 Å². The quantitative estimate of drug-likeness (QED) is 0.226. The number of aromatic nitrogens is 2. The topological polar surface area (TPSA) is 93.8 Å². The number of nitrogens with one attached hydrogen (secondary N) is 2. The molecule has 1 saturated heterocycles. The predicted molar refractivity (Wildman–Crippen MR) is 160 cm³/mol. The van der Waals surface area contributed by atoms with Gasteiger partial charge in [-0.1, -0.05) is 6.42 Å². The highest BCUT2D eigenvalue weighted by molar-refractivity contribution is 5.94. The molecular weight excluding hydrogens is 518 g/mol. The largest absolute Gasteiger partial charge is 0.492 e. The Kier molecular flexibility index (Phi) is 8.14. The Bertz CT molecular complexity index is 1440. The summed E-state index contributed by atoms with van der Waals surface area (Å²) < 4.78 is 20.1. The molecule has 2 aliphatic rings. The van der Waals surface area contributed by atoms with E-state index in [1.54, 1.807) is 0 Å². The van der Waals surface area contributed by atoms with E-state index in [0.717, 1.165) is 80.1 Å². The van der Waals surface area contributed by atoms with Gasteiger partial charge in [-0.2, -0.15) is 4.98 Å². The highest BCUT2D eigenvalue weighted by Gasteiger charge is 2.26. The second-order valence-electron chi connectivity index (χ2n) is 10.9. The van der Waals surface area contributed by atoms with Gasteiger partial charge in [-0.25, -0.2) is 0 Å². The summed E-state index contributed by atoms with van der Waals surface area (Å²) in [5.74, 6) is 1.92. The van der Waals surface area contributed by atoms with E-state index in [1.165, 1.54) is 5.56 Å². The third kappa shape index (κ3) is 6.20. The van der Waals surface area contributed by atoms with E-state index in [0.29, 0.717) is 24.8 Å². The van der Waals surface area contributed by atoms with Crippen LogP contribution in [0.15, 0.2) is 59.3 Å². The van der Waals surface area contributed by atoms with Crippen LogP contribution >= 0.6 is 0 Å². The van der Waals surface area contributed by atoms with E-state index in [1.807, 2.05) is 56.6 Å². The van der Waals surface area contributed by atoms with Crippen molar-refractivity contribution < 1.29 is 18.7 Å². The molecule has 0 bridgehead atoms. The molecule has 0 radical (unpaired) electrons. The van der Waals surface area contributed by atoms with Gasteiger partial charge in [0.05, 0.1) is 13.2 Å². The molecule has 216 valence electrons. The number of rotatable bonds is 11. The second-order valence-corrected chi connectivity index (χ2v) is 10.9. The Balaban J connectivity index is 1.07. The Hall–Kier alpha value is -3.98. The monoisotopic (exact) mass is 557 g/mol. The fourth-order valence-corrected chi connectivity index (χ4v) is 5.65. The van der Waals surface area contributed by atoms with E-state index in [2.05, 4.69) is 37.2 Å². The first-order valence-electron chi connectivity index (χ1n) is 14.9. The van der Waals surface area contributed by atoms with Gasteiger partial charge in [0.15, 0.2) is 5.58 Å².